The number of carbonyl (C=O) groups excluding carboxylic acids is 1. The van der Waals surface area contributed by atoms with E-state index >= 15 is 0 Å². The highest BCUT2D eigenvalue weighted by Gasteiger charge is 2.13. The number of nitrogens with zero attached hydrogens (tertiary/aromatic N) is 1. The van der Waals surface area contributed by atoms with Crippen LogP contribution < -0.4 is 10.2 Å². The van der Waals surface area contributed by atoms with Crippen LogP contribution in [0.5, 0.6) is 0 Å². The van der Waals surface area contributed by atoms with E-state index in [-0.39, 0.29) is 5.91 Å². The second kappa shape index (κ2) is 6.93. The van der Waals surface area contributed by atoms with Gasteiger partial charge in [-0.1, -0.05) is 19.1 Å². The number of rotatable bonds is 5. The van der Waals surface area contributed by atoms with Crippen LogP contribution >= 0.6 is 0 Å². The van der Waals surface area contributed by atoms with Crippen LogP contribution in [0, 0.1) is 6.92 Å². The maximum Gasteiger partial charge on any atom is 0.258 e. The Balaban J connectivity index is 2.12. The highest BCUT2D eigenvalue weighted by atomic mass is 16.2. The highest BCUT2D eigenvalue weighted by molar-refractivity contribution is 6.05. The normalized spacial score (nSPS) is 10.2. The van der Waals surface area contributed by atoms with Crippen molar-refractivity contribution in [2.75, 3.05) is 23.8 Å². The first-order chi connectivity index (χ1) is 10.1. The van der Waals surface area contributed by atoms with Gasteiger partial charge in [0.05, 0.1) is 0 Å². The summed E-state index contributed by atoms with van der Waals surface area (Å²) in [5.41, 5.74) is 3.80. The standard InChI is InChI=1S/C18H22N2O/c1-4-12-19-16-10-8-15(9-11-16)18(21)20(3)17-7-5-6-14(2)13-17/h5-11,13,19H,4,12H2,1-3H3. The molecule has 0 fully saturated rings. The fourth-order valence-corrected chi connectivity index (χ4v) is 2.15. The molecule has 0 spiro atoms. The lowest BCUT2D eigenvalue weighted by Crippen LogP contribution is -2.26. The van der Waals surface area contributed by atoms with Crippen LogP contribution in [0.15, 0.2) is 48.5 Å². The van der Waals surface area contributed by atoms with Gasteiger partial charge in [-0.2, -0.15) is 0 Å². The van der Waals surface area contributed by atoms with Crippen LogP contribution in [0.25, 0.3) is 0 Å². The Bertz CT molecular complexity index is 605. The summed E-state index contributed by atoms with van der Waals surface area (Å²) in [5.74, 6) is 0.00245. The average molecular weight is 282 g/mol. The molecule has 2 aromatic carbocycles. The molecule has 21 heavy (non-hydrogen) atoms. The Morgan fingerprint density at radius 3 is 2.48 bits per heavy atom. The van der Waals surface area contributed by atoms with Crippen LogP contribution in [0.1, 0.15) is 29.3 Å². The zero-order chi connectivity index (χ0) is 15.2. The largest absolute Gasteiger partial charge is 0.385 e. The molecule has 0 unspecified atom stereocenters. The predicted octanol–water partition coefficient (Wildman–Crippen LogP) is 4.09. The molecule has 0 aromatic heterocycles. The minimum absolute atomic E-state index is 0.00245. The number of hydrogen-bond donors (Lipinski definition) is 1. The van der Waals surface area contributed by atoms with Gasteiger partial charge in [-0.05, 0) is 55.3 Å². The molecule has 0 bridgehead atoms. The monoisotopic (exact) mass is 282 g/mol. The Labute approximate surface area is 126 Å². The third kappa shape index (κ3) is 3.85. The molecular weight excluding hydrogens is 260 g/mol. The highest BCUT2D eigenvalue weighted by Crippen LogP contribution is 2.18. The lowest BCUT2D eigenvalue weighted by molar-refractivity contribution is 0.0993. The average Bonchev–Trinajstić information content (AvgIpc) is 2.52. The van der Waals surface area contributed by atoms with Crippen LogP contribution in [0.3, 0.4) is 0 Å². The van der Waals surface area contributed by atoms with E-state index in [4.69, 9.17) is 0 Å². The lowest BCUT2D eigenvalue weighted by Gasteiger charge is -2.18. The molecule has 0 aliphatic rings. The first-order valence-corrected chi connectivity index (χ1v) is 7.30. The van der Waals surface area contributed by atoms with Gasteiger partial charge < -0.3 is 10.2 Å². The van der Waals surface area contributed by atoms with Crippen molar-refractivity contribution in [3.05, 3.63) is 59.7 Å². The fraction of sp³-hybridized carbons (Fsp3) is 0.278. The molecule has 0 heterocycles. The summed E-state index contributed by atoms with van der Waals surface area (Å²) in [6.07, 6.45) is 1.08. The van der Waals surface area contributed by atoms with Gasteiger partial charge in [0.1, 0.15) is 0 Å². The molecule has 2 rings (SSSR count). The van der Waals surface area contributed by atoms with Crippen molar-refractivity contribution in [3.8, 4) is 0 Å². The molecule has 1 amide bonds. The van der Waals surface area contributed by atoms with Crippen LogP contribution in [0.2, 0.25) is 0 Å². The quantitative estimate of drug-likeness (QED) is 0.895. The number of carbonyl (C=O) groups is 1. The van der Waals surface area contributed by atoms with Gasteiger partial charge in [0.15, 0.2) is 0 Å². The molecule has 0 atom stereocenters. The number of anilines is 2. The number of amides is 1. The minimum atomic E-state index is 0.00245. The van der Waals surface area contributed by atoms with Crippen LogP contribution in [0.4, 0.5) is 11.4 Å². The molecule has 0 saturated heterocycles. The van der Waals surface area contributed by atoms with E-state index < -0.39 is 0 Å². The van der Waals surface area contributed by atoms with Gasteiger partial charge in [0.2, 0.25) is 0 Å². The molecule has 1 N–H and O–H groups in total. The third-order valence-electron chi connectivity index (χ3n) is 3.40. The predicted molar refractivity (Wildman–Crippen MR) is 89.1 cm³/mol. The van der Waals surface area contributed by atoms with E-state index in [0.29, 0.717) is 5.56 Å². The zero-order valence-electron chi connectivity index (χ0n) is 12.9. The van der Waals surface area contributed by atoms with E-state index in [9.17, 15) is 4.79 Å². The number of hydrogen-bond acceptors (Lipinski definition) is 2. The Hall–Kier alpha value is -2.29. The molecule has 0 radical (unpaired) electrons. The topological polar surface area (TPSA) is 32.3 Å². The smallest absolute Gasteiger partial charge is 0.258 e. The molecule has 0 saturated carbocycles. The van der Waals surface area contributed by atoms with E-state index in [1.807, 2.05) is 55.5 Å². The van der Waals surface area contributed by atoms with E-state index in [1.165, 1.54) is 0 Å². The summed E-state index contributed by atoms with van der Waals surface area (Å²) in [6.45, 7) is 5.09. The van der Waals surface area contributed by atoms with Crippen LogP contribution in [-0.4, -0.2) is 19.5 Å². The second-order valence-corrected chi connectivity index (χ2v) is 5.21. The van der Waals surface area contributed by atoms with Crippen molar-refractivity contribution in [2.45, 2.75) is 20.3 Å². The van der Waals surface area contributed by atoms with Gasteiger partial charge in [-0.25, -0.2) is 0 Å². The number of aryl methyl sites for hydroxylation is 1. The van der Waals surface area contributed by atoms with E-state index in [2.05, 4.69) is 12.2 Å². The van der Waals surface area contributed by atoms with Gasteiger partial charge in [0, 0.05) is 30.5 Å². The molecule has 3 heteroatoms. The lowest BCUT2D eigenvalue weighted by atomic mass is 10.1. The van der Waals surface area contributed by atoms with Crippen LogP contribution in [-0.2, 0) is 0 Å². The number of nitrogens with one attached hydrogen (secondary N) is 1. The molecule has 2 aromatic rings. The summed E-state index contributed by atoms with van der Waals surface area (Å²) in [6, 6.07) is 15.6. The molecular formula is C18H22N2O. The summed E-state index contributed by atoms with van der Waals surface area (Å²) < 4.78 is 0. The van der Waals surface area contributed by atoms with Gasteiger partial charge in [-0.3, -0.25) is 4.79 Å². The molecule has 110 valence electrons. The number of benzene rings is 2. The second-order valence-electron chi connectivity index (χ2n) is 5.21. The van der Waals surface area contributed by atoms with E-state index in [0.717, 1.165) is 29.9 Å². The molecule has 3 nitrogen and oxygen atoms in total. The zero-order valence-corrected chi connectivity index (χ0v) is 12.9. The summed E-state index contributed by atoms with van der Waals surface area (Å²) in [4.78, 5) is 14.2. The van der Waals surface area contributed by atoms with Crippen molar-refractivity contribution in [1.82, 2.24) is 0 Å². The maximum absolute atomic E-state index is 12.5. The van der Waals surface area contributed by atoms with Gasteiger partial charge in [-0.15, -0.1) is 0 Å². The van der Waals surface area contributed by atoms with Gasteiger partial charge in [0.25, 0.3) is 5.91 Å². The molecule has 0 aliphatic carbocycles. The minimum Gasteiger partial charge on any atom is -0.385 e. The summed E-state index contributed by atoms with van der Waals surface area (Å²) >= 11 is 0. The molecule has 0 aliphatic heterocycles. The summed E-state index contributed by atoms with van der Waals surface area (Å²) in [5, 5.41) is 3.30. The SMILES string of the molecule is CCCNc1ccc(C(=O)N(C)c2cccc(C)c2)cc1. The first kappa shape index (κ1) is 15.1. The van der Waals surface area contributed by atoms with Crippen molar-refractivity contribution in [3.63, 3.8) is 0 Å². The van der Waals surface area contributed by atoms with Crippen molar-refractivity contribution in [2.24, 2.45) is 0 Å². The summed E-state index contributed by atoms with van der Waals surface area (Å²) in [7, 11) is 1.81. The fourth-order valence-electron chi connectivity index (χ4n) is 2.15. The Morgan fingerprint density at radius 2 is 1.86 bits per heavy atom. The maximum atomic E-state index is 12.5. The van der Waals surface area contributed by atoms with E-state index in [1.54, 1.807) is 11.9 Å². The Morgan fingerprint density at radius 1 is 1.14 bits per heavy atom. The van der Waals surface area contributed by atoms with Crippen molar-refractivity contribution >= 4 is 17.3 Å². The first-order valence-electron chi connectivity index (χ1n) is 7.30. The van der Waals surface area contributed by atoms with Gasteiger partial charge >= 0.3 is 0 Å². The van der Waals surface area contributed by atoms with Crippen molar-refractivity contribution < 1.29 is 4.79 Å². The third-order valence-corrected chi connectivity index (χ3v) is 3.40. The Kier molecular flexibility index (Phi) is 4.99. The van der Waals surface area contributed by atoms with Crippen molar-refractivity contribution in [1.29, 1.82) is 0 Å².